The molecule has 21 heavy (non-hydrogen) atoms. The van der Waals surface area contributed by atoms with Crippen LogP contribution in [0.15, 0.2) is 18.2 Å². The molecule has 2 aliphatic heterocycles. The zero-order valence-electron chi connectivity index (χ0n) is 11.7. The van der Waals surface area contributed by atoms with E-state index in [2.05, 4.69) is 5.32 Å². The van der Waals surface area contributed by atoms with Crippen molar-refractivity contribution in [3.63, 3.8) is 0 Å². The molecular formula is C15H18N2O3S. The third-order valence-corrected chi connectivity index (χ3v) is 5.18. The Balaban J connectivity index is 1.74. The van der Waals surface area contributed by atoms with Gasteiger partial charge in [-0.15, -0.1) is 0 Å². The van der Waals surface area contributed by atoms with E-state index < -0.39 is 5.97 Å². The minimum atomic E-state index is -0.964. The number of nitrogens with zero attached hydrogens (tertiary/aromatic N) is 1. The monoisotopic (exact) mass is 306 g/mol. The van der Waals surface area contributed by atoms with Crippen LogP contribution in [0.1, 0.15) is 28.8 Å². The van der Waals surface area contributed by atoms with Crippen molar-refractivity contribution in [2.24, 2.45) is 0 Å². The lowest BCUT2D eigenvalue weighted by Crippen LogP contribution is -2.46. The van der Waals surface area contributed by atoms with Crippen LogP contribution in [0.3, 0.4) is 0 Å². The molecule has 1 saturated heterocycles. The molecule has 2 heterocycles. The number of thioether (sulfide) groups is 1. The molecule has 1 aromatic carbocycles. The van der Waals surface area contributed by atoms with Gasteiger partial charge < -0.3 is 10.4 Å². The van der Waals surface area contributed by atoms with Gasteiger partial charge in [0.05, 0.1) is 5.56 Å². The third-order valence-electron chi connectivity index (χ3n) is 3.96. The molecule has 1 aromatic rings. The summed E-state index contributed by atoms with van der Waals surface area (Å²) in [5.74, 6) is 1.16. The number of benzene rings is 1. The van der Waals surface area contributed by atoms with E-state index in [1.807, 2.05) is 17.8 Å². The van der Waals surface area contributed by atoms with Crippen molar-refractivity contribution in [3.8, 4) is 0 Å². The van der Waals surface area contributed by atoms with Crippen molar-refractivity contribution >= 4 is 29.4 Å². The molecule has 0 aromatic heterocycles. The van der Waals surface area contributed by atoms with E-state index in [1.165, 1.54) is 5.75 Å². The lowest BCUT2D eigenvalue weighted by molar-refractivity contribution is 0.0697. The number of rotatable bonds is 2. The van der Waals surface area contributed by atoms with Gasteiger partial charge in [0.1, 0.15) is 0 Å². The molecular weight excluding hydrogens is 288 g/mol. The molecule has 2 N–H and O–H groups in total. The van der Waals surface area contributed by atoms with Crippen molar-refractivity contribution in [3.05, 3.63) is 29.3 Å². The number of hydrogen-bond donors (Lipinski definition) is 2. The summed E-state index contributed by atoms with van der Waals surface area (Å²) in [6.07, 6.45) is 2.94. The number of fused-ring (bicyclic) bond motifs is 1. The standard InChI is InChI=1S/C15H18N2O3S/c18-14(19)11-4-3-10-5-6-17(13(10)8-11)15(20)16-12-2-1-7-21-9-12/h3-4,8,12H,1-2,5-7,9H2,(H,16,20)(H,18,19). The van der Waals surface area contributed by atoms with Crippen molar-refractivity contribution in [2.75, 3.05) is 23.0 Å². The molecule has 0 radical (unpaired) electrons. The summed E-state index contributed by atoms with van der Waals surface area (Å²) in [5.41, 5.74) is 1.99. The van der Waals surface area contributed by atoms with Crippen LogP contribution in [0.4, 0.5) is 10.5 Å². The highest BCUT2D eigenvalue weighted by Crippen LogP contribution is 2.29. The number of nitrogens with one attached hydrogen (secondary N) is 1. The Morgan fingerprint density at radius 3 is 2.95 bits per heavy atom. The first-order valence-electron chi connectivity index (χ1n) is 7.17. The molecule has 0 saturated carbocycles. The van der Waals surface area contributed by atoms with Crippen LogP contribution in [-0.4, -0.2) is 41.2 Å². The second kappa shape index (κ2) is 5.97. The van der Waals surface area contributed by atoms with Gasteiger partial charge in [-0.05, 0) is 42.7 Å². The molecule has 3 rings (SSSR count). The van der Waals surface area contributed by atoms with Gasteiger partial charge in [-0.25, -0.2) is 9.59 Å². The fourth-order valence-electron chi connectivity index (χ4n) is 2.83. The maximum absolute atomic E-state index is 12.4. The number of carboxylic acids is 1. The van der Waals surface area contributed by atoms with Gasteiger partial charge in [-0.1, -0.05) is 6.07 Å². The Labute approximate surface area is 127 Å². The van der Waals surface area contributed by atoms with Gasteiger partial charge in [-0.2, -0.15) is 11.8 Å². The van der Waals surface area contributed by atoms with Gasteiger partial charge in [0.2, 0.25) is 0 Å². The molecule has 2 aliphatic rings. The SMILES string of the molecule is O=C(O)c1ccc2c(c1)N(C(=O)NC1CCCSC1)CC2. The van der Waals surface area contributed by atoms with Crippen LogP contribution in [0.5, 0.6) is 0 Å². The van der Waals surface area contributed by atoms with Crippen molar-refractivity contribution in [1.29, 1.82) is 0 Å². The predicted molar refractivity (Wildman–Crippen MR) is 83.3 cm³/mol. The van der Waals surface area contributed by atoms with E-state index in [1.54, 1.807) is 17.0 Å². The Morgan fingerprint density at radius 1 is 1.38 bits per heavy atom. The van der Waals surface area contributed by atoms with Crippen LogP contribution >= 0.6 is 11.8 Å². The highest BCUT2D eigenvalue weighted by atomic mass is 32.2. The fraction of sp³-hybridized carbons (Fsp3) is 0.467. The number of carbonyl (C=O) groups excluding carboxylic acids is 1. The van der Waals surface area contributed by atoms with E-state index in [0.29, 0.717) is 6.54 Å². The highest BCUT2D eigenvalue weighted by Gasteiger charge is 2.27. The lowest BCUT2D eigenvalue weighted by Gasteiger charge is -2.26. The van der Waals surface area contributed by atoms with Crippen LogP contribution < -0.4 is 10.2 Å². The second-order valence-electron chi connectivity index (χ2n) is 5.41. The zero-order valence-corrected chi connectivity index (χ0v) is 12.5. The highest BCUT2D eigenvalue weighted by molar-refractivity contribution is 7.99. The smallest absolute Gasteiger partial charge is 0.335 e. The Hall–Kier alpha value is -1.69. The zero-order chi connectivity index (χ0) is 14.8. The molecule has 0 spiro atoms. The van der Waals surface area contributed by atoms with Crippen LogP contribution in [0.25, 0.3) is 0 Å². The average molecular weight is 306 g/mol. The molecule has 0 bridgehead atoms. The number of hydrogen-bond acceptors (Lipinski definition) is 3. The van der Waals surface area contributed by atoms with Crippen molar-refractivity contribution in [1.82, 2.24) is 5.32 Å². The molecule has 1 atom stereocenters. The number of anilines is 1. The lowest BCUT2D eigenvalue weighted by atomic mass is 10.1. The van der Waals surface area contributed by atoms with Gasteiger partial charge in [0.15, 0.2) is 0 Å². The Morgan fingerprint density at radius 2 is 2.24 bits per heavy atom. The van der Waals surface area contributed by atoms with E-state index in [-0.39, 0.29) is 17.6 Å². The third kappa shape index (κ3) is 3.00. The largest absolute Gasteiger partial charge is 0.478 e. The van der Waals surface area contributed by atoms with E-state index in [9.17, 15) is 9.59 Å². The minimum absolute atomic E-state index is 0.108. The van der Waals surface area contributed by atoms with Crippen molar-refractivity contribution < 1.29 is 14.7 Å². The summed E-state index contributed by atoms with van der Waals surface area (Å²) >= 11 is 1.87. The molecule has 0 aliphatic carbocycles. The van der Waals surface area contributed by atoms with Gasteiger partial charge in [0.25, 0.3) is 0 Å². The first-order valence-corrected chi connectivity index (χ1v) is 8.32. The summed E-state index contributed by atoms with van der Waals surface area (Å²) in [7, 11) is 0. The molecule has 5 nitrogen and oxygen atoms in total. The second-order valence-corrected chi connectivity index (χ2v) is 6.56. The van der Waals surface area contributed by atoms with Crippen molar-refractivity contribution in [2.45, 2.75) is 25.3 Å². The molecule has 1 fully saturated rings. The maximum atomic E-state index is 12.4. The first-order chi connectivity index (χ1) is 10.1. The maximum Gasteiger partial charge on any atom is 0.335 e. The Bertz CT molecular complexity index is 570. The summed E-state index contributed by atoms with van der Waals surface area (Å²) in [6.45, 7) is 0.615. The van der Waals surface area contributed by atoms with Gasteiger partial charge >= 0.3 is 12.0 Å². The van der Waals surface area contributed by atoms with E-state index in [4.69, 9.17) is 5.11 Å². The van der Waals surface area contributed by atoms with Crippen LogP contribution in [-0.2, 0) is 6.42 Å². The summed E-state index contributed by atoms with van der Waals surface area (Å²) < 4.78 is 0. The number of amides is 2. The predicted octanol–water partition coefficient (Wildman–Crippen LogP) is 2.35. The summed E-state index contributed by atoms with van der Waals surface area (Å²) in [6, 6.07) is 5.12. The van der Waals surface area contributed by atoms with Crippen LogP contribution in [0.2, 0.25) is 0 Å². The van der Waals surface area contributed by atoms with Gasteiger partial charge in [0, 0.05) is 24.0 Å². The average Bonchev–Trinajstić information content (AvgIpc) is 2.91. The Kier molecular flexibility index (Phi) is 4.05. The number of carbonyl (C=O) groups is 2. The topological polar surface area (TPSA) is 69.6 Å². The van der Waals surface area contributed by atoms with Crippen LogP contribution in [0, 0.1) is 0 Å². The first kappa shape index (κ1) is 14.3. The fourth-order valence-corrected chi connectivity index (χ4v) is 3.90. The van der Waals surface area contributed by atoms with E-state index in [0.717, 1.165) is 36.3 Å². The number of urea groups is 1. The normalized spacial score (nSPS) is 21.0. The molecule has 6 heteroatoms. The summed E-state index contributed by atoms with van der Waals surface area (Å²) in [5, 5.41) is 12.1. The molecule has 1 unspecified atom stereocenters. The number of aromatic carboxylic acids is 1. The van der Waals surface area contributed by atoms with E-state index >= 15 is 0 Å². The molecule has 2 amide bonds. The number of carboxylic acid groups (broad SMARTS) is 1. The minimum Gasteiger partial charge on any atom is -0.478 e. The summed E-state index contributed by atoms with van der Waals surface area (Å²) in [4.78, 5) is 25.2. The molecule has 112 valence electrons. The van der Waals surface area contributed by atoms with Gasteiger partial charge in [-0.3, -0.25) is 4.90 Å². The quantitative estimate of drug-likeness (QED) is 0.880.